The number of likely N-dealkylation sites (N-methyl/N-ethyl adjacent to an activating group) is 1. The molecule has 0 bridgehead atoms. The van der Waals surface area contributed by atoms with Gasteiger partial charge in [-0.2, -0.15) is 0 Å². The van der Waals surface area contributed by atoms with Gasteiger partial charge in [0.05, 0.1) is 11.7 Å². The minimum Gasteiger partial charge on any atom is -0.393 e. The molecule has 0 heterocycles. The molecular weight excluding hydrogens is 334 g/mol. The van der Waals surface area contributed by atoms with E-state index >= 15 is 0 Å². The molecule has 0 aromatic heterocycles. The van der Waals surface area contributed by atoms with Gasteiger partial charge in [-0.05, 0) is 82.2 Å². The summed E-state index contributed by atoms with van der Waals surface area (Å²) in [6.45, 7) is 8.88. The third-order valence-corrected chi connectivity index (χ3v) is 9.00. The number of fused-ring (bicyclic) bond motifs is 5. The van der Waals surface area contributed by atoms with Gasteiger partial charge in [-0.15, -0.1) is 0 Å². The molecule has 4 aliphatic rings. The fraction of sp³-hybridized carbons (Fsp3) is 0.833. The van der Waals surface area contributed by atoms with Crippen molar-refractivity contribution in [3.05, 3.63) is 23.3 Å². The Hall–Kier alpha value is -0.640. The predicted molar refractivity (Wildman–Crippen MR) is 110 cm³/mol. The van der Waals surface area contributed by atoms with Crippen LogP contribution in [-0.2, 0) is 0 Å². The maximum absolute atomic E-state index is 11.7. The highest BCUT2D eigenvalue weighted by Gasteiger charge is 2.62. The third kappa shape index (κ3) is 2.88. The Morgan fingerprint density at radius 1 is 1.07 bits per heavy atom. The average molecular weight is 374 g/mol. The van der Waals surface area contributed by atoms with E-state index in [1.165, 1.54) is 12.0 Å². The first-order chi connectivity index (χ1) is 12.7. The molecule has 0 aromatic carbocycles. The molecule has 0 aliphatic heterocycles. The molecule has 27 heavy (non-hydrogen) atoms. The van der Waals surface area contributed by atoms with E-state index in [1.807, 2.05) is 0 Å². The highest BCUT2D eigenvalue weighted by Crippen LogP contribution is 2.65. The van der Waals surface area contributed by atoms with Gasteiger partial charge in [-0.1, -0.05) is 44.1 Å². The molecule has 0 spiro atoms. The number of allylic oxidation sites excluding steroid dienone is 3. The molecule has 6 atom stereocenters. The van der Waals surface area contributed by atoms with Crippen molar-refractivity contribution in [2.45, 2.75) is 83.8 Å². The summed E-state index contributed by atoms with van der Waals surface area (Å²) in [6.07, 6.45) is 13.0. The van der Waals surface area contributed by atoms with E-state index in [-0.39, 0.29) is 16.9 Å². The lowest BCUT2D eigenvalue weighted by molar-refractivity contribution is -0.0989. The second kappa shape index (κ2) is 6.71. The van der Waals surface area contributed by atoms with E-state index in [2.05, 4.69) is 44.9 Å². The molecule has 0 saturated heterocycles. The van der Waals surface area contributed by atoms with Crippen molar-refractivity contribution in [3.63, 3.8) is 0 Å². The maximum atomic E-state index is 11.7. The lowest BCUT2D eigenvalue weighted by Gasteiger charge is -2.56. The van der Waals surface area contributed by atoms with Gasteiger partial charge in [0.1, 0.15) is 0 Å². The van der Waals surface area contributed by atoms with Crippen LogP contribution in [0.15, 0.2) is 23.3 Å². The number of nitrogens with zero attached hydrogens (tertiary/aromatic N) is 1. The van der Waals surface area contributed by atoms with Crippen molar-refractivity contribution in [1.82, 2.24) is 4.90 Å². The smallest absolute Gasteiger partial charge is 0.0833 e. The lowest BCUT2D eigenvalue weighted by Crippen LogP contribution is -2.55. The first kappa shape index (κ1) is 19.7. The normalized spacial score (nSPS) is 46.4. The second-order valence-electron chi connectivity index (χ2n) is 10.5. The monoisotopic (exact) mass is 373 g/mol. The fourth-order valence-corrected chi connectivity index (χ4v) is 7.26. The predicted octanol–water partition coefficient (Wildman–Crippen LogP) is 4.30. The molecule has 152 valence electrons. The third-order valence-electron chi connectivity index (χ3n) is 9.00. The van der Waals surface area contributed by atoms with Crippen LogP contribution in [0.3, 0.4) is 0 Å². The molecule has 3 heteroatoms. The Kier molecular flexibility index (Phi) is 4.89. The standard InChI is InChI=1S/C24H39NO2/c1-5-14-25(4)16-24(27)13-10-21-19-7-6-17-15-18(26)8-11-22(17,2)20(19)9-12-23(21,24)3/h6-7,18,20-21,26-27H,5,8-16H2,1-4H3/t18-,20-,21-,22-,23-,24+/m0/s1. The molecule has 2 N–H and O–H groups in total. The van der Waals surface area contributed by atoms with Crippen molar-refractivity contribution < 1.29 is 10.2 Å². The van der Waals surface area contributed by atoms with Crippen LogP contribution in [0.25, 0.3) is 0 Å². The number of hydrogen-bond acceptors (Lipinski definition) is 3. The molecule has 0 unspecified atom stereocenters. The zero-order valence-electron chi connectivity index (χ0n) is 17.8. The Morgan fingerprint density at radius 2 is 1.81 bits per heavy atom. The van der Waals surface area contributed by atoms with E-state index in [0.29, 0.717) is 11.8 Å². The van der Waals surface area contributed by atoms with Gasteiger partial charge in [0, 0.05) is 12.0 Å². The molecule has 3 fully saturated rings. The summed E-state index contributed by atoms with van der Waals surface area (Å²) < 4.78 is 0. The van der Waals surface area contributed by atoms with Crippen LogP contribution in [-0.4, -0.2) is 47.0 Å². The SMILES string of the molecule is CCCN(C)C[C@]1(O)CC[C@H]2C3=CC=C4C[C@@H](O)CC[C@]4(C)[C@H]3CC[C@@]21C. The number of aliphatic hydroxyl groups is 2. The van der Waals surface area contributed by atoms with Gasteiger partial charge >= 0.3 is 0 Å². The molecule has 0 radical (unpaired) electrons. The molecule has 0 aromatic rings. The minimum absolute atomic E-state index is 0.00673. The quantitative estimate of drug-likeness (QED) is 0.772. The fourth-order valence-electron chi connectivity index (χ4n) is 7.26. The molecular formula is C24H39NO2. The summed E-state index contributed by atoms with van der Waals surface area (Å²) in [6, 6.07) is 0. The van der Waals surface area contributed by atoms with E-state index in [0.717, 1.165) is 58.0 Å². The van der Waals surface area contributed by atoms with Crippen LogP contribution < -0.4 is 0 Å². The summed E-state index contributed by atoms with van der Waals surface area (Å²) in [5.41, 5.74) is 2.73. The van der Waals surface area contributed by atoms with Gasteiger partial charge in [0.25, 0.3) is 0 Å². The molecule has 0 amide bonds. The maximum Gasteiger partial charge on any atom is 0.0833 e. The average Bonchev–Trinajstić information content (AvgIpc) is 2.87. The highest BCUT2D eigenvalue weighted by molar-refractivity contribution is 5.39. The van der Waals surface area contributed by atoms with Crippen molar-refractivity contribution in [2.24, 2.45) is 22.7 Å². The van der Waals surface area contributed by atoms with Crippen LogP contribution in [0.4, 0.5) is 0 Å². The molecule has 4 rings (SSSR count). The number of hydrogen-bond donors (Lipinski definition) is 2. The lowest BCUT2D eigenvalue weighted by atomic mass is 9.50. The largest absolute Gasteiger partial charge is 0.393 e. The van der Waals surface area contributed by atoms with Crippen molar-refractivity contribution >= 4 is 0 Å². The Labute approximate surface area is 165 Å². The van der Waals surface area contributed by atoms with E-state index < -0.39 is 5.60 Å². The Balaban J connectivity index is 1.63. The topological polar surface area (TPSA) is 43.7 Å². The van der Waals surface area contributed by atoms with Gasteiger partial charge in [-0.3, -0.25) is 0 Å². The van der Waals surface area contributed by atoms with Gasteiger partial charge < -0.3 is 15.1 Å². The summed E-state index contributed by atoms with van der Waals surface area (Å²) in [5.74, 6) is 1.12. The highest BCUT2D eigenvalue weighted by atomic mass is 16.3. The van der Waals surface area contributed by atoms with Gasteiger partial charge in [-0.25, -0.2) is 0 Å². The molecule has 3 saturated carbocycles. The number of aliphatic hydroxyl groups excluding tert-OH is 1. The van der Waals surface area contributed by atoms with Crippen molar-refractivity contribution in [3.8, 4) is 0 Å². The molecule has 3 nitrogen and oxygen atoms in total. The number of rotatable bonds is 4. The summed E-state index contributed by atoms with van der Waals surface area (Å²) in [5, 5.41) is 21.9. The summed E-state index contributed by atoms with van der Waals surface area (Å²) >= 11 is 0. The van der Waals surface area contributed by atoms with Crippen LogP contribution in [0.1, 0.15) is 72.1 Å². The van der Waals surface area contributed by atoms with Gasteiger partial charge in [0.15, 0.2) is 0 Å². The zero-order valence-corrected chi connectivity index (χ0v) is 17.8. The van der Waals surface area contributed by atoms with E-state index in [1.54, 1.807) is 5.57 Å². The van der Waals surface area contributed by atoms with Crippen molar-refractivity contribution in [2.75, 3.05) is 20.1 Å². The van der Waals surface area contributed by atoms with Crippen LogP contribution in [0.2, 0.25) is 0 Å². The van der Waals surface area contributed by atoms with Crippen LogP contribution in [0, 0.1) is 22.7 Å². The first-order valence-electron chi connectivity index (χ1n) is 11.2. The minimum atomic E-state index is -0.568. The van der Waals surface area contributed by atoms with Crippen LogP contribution >= 0.6 is 0 Å². The summed E-state index contributed by atoms with van der Waals surface area (Å²) in [7, 11) is 2.16. The first-order valence-corrected chi connectivity index (χ1v) is 11.2. The Morgan fingerprint density at radius 3 is 2.56 bits per heavy atom. The molecule has 4 aliphatic carbocycles. The van der Waals surface area contributed by atoms with Gasteiger partial charge in [0.2, 0.25) is 0 Å². The summed E-state index contributed by atoms with van der Waals surface area (Å²) in [4.78, 5) is 2.33. The second-order valence-corrected chi connectivity index (χ2v) is 10.5. The zero-order chi connectivity index (χ0) is 19.4. The van der Waals surface area contributed by atoms with E-state index in [9.17, 15) is 10.2 Å². The van der Waals surface area contributed by atoms with E-state index in [4.69, 9.17) is 0 Å². The van der Waals surface area contributed by atoms with Crippen LogP contribution in [0.5, 0.6) is 0 Å². The Bertz CT molecular complexity index is 655. The van der Waals surface area contributed by atoms with Crippen molar-refractivity contribution in [1.29, 1.82) is 0 Å².